The van der Waals surface area contributed by atoms with E-state index in [0.717, 1.165) is 18.7 Å². The maximum absolute atomic E-state index is 12.6. The van der Waals surface area contributed by atoms with Crippen molar-refractivity contribution in [2.45, 2.75) is 13.0 Å². The van der Waals surface area contributed by atoms with Gasteiger partial charge in [0.25, 0.3) is 0 Å². The van der Waals surface area contributed by atoms with Crippen molar-refractivity contribution >= 4 is 36.4 Å². The summed E-state index contributed by atoms with van der Waals surface area (Å²) in [5.74, 6) is 0.0140. The molecule has 0 aromatic heterocycles. The van der Waals surface area contributed by atoms with Crippen LogP contribution in [-0.2, 0) is 4.79 Å². The number of halogens is 2. The maximum atomic E-state index is 12.6. The van der Waals surface area contributed by atoms with E-state index in [0.29, 0.717) is 13.1 Å². The Morgan fingerprint density at radius 1 is 0.960 bits per heavy atom. The van der Waals surface area contributed by atoms with Crippen LogP contribution in [0.1, 0.15) is 17.2 Å². The van der Waals surface area contributed by atoms with Gasteiger partial charge in [0.05, 0.1) is 0 Å². The molecule has 1 fully saturated rings. The molecule has 0 aliphatic carbocycles. The third kappa shape index (κ3) is 5.11. The lowest BCUT2D eigenvalue weighted by Crippen LogP contribution is -2.51. The van der Waals surface area contributed by atoms with Gasteiger partial charge in [0.2, 0.25) is 5.91 Å². The van der Waals surface area contributed by atoms with E-state index in [1.807, 2.05) is 35.2 Å². The van der Waals surface area contributed by atoms with Gasteiger partial charge in [-0.05, 0) is 30.2 Å². The second-order valence-corrected chi connectivity index (χ2v) is 6.04. The van der Waals surface area contributed by atoms with E-state index in [-0.39, 0.29) is 30.7 Å². The zero-order valence-electron chi connectivity index (χ0n) is 14.3. The number of anilines is 1. The van der Waals surface area contributed by atoms with Crippen LogP contribution in [0.25, 0.3) is 0 Å². The first kappa shape index (κ1) is 21.3. The fourth-order valence-electron chi connectivity index (χ4n) is 3.01. The van der Waals surface area contributed by atoms with Crippen LogP contribution in [0.5, 0.6) is 0 Å². The van der Waals surface area contributed by atoms with Gasteiger partial charge in [-0.2, -0.15) is 0 Å². The molecule has 25 heavy (non-hydrogen) atoms. The minimum absolute atomic E-state index is 0. The van der Waals surface area contributed by atoms with Gasteiger partial charge in [-0.25, -0.2) is 0 Å². The summed E-state index contributed by atoms with van der Waals surface area (Å²) < 4.78 is 0. The Morgan fingerprint density at radius 2 is 1.60 bits per heavy atom. The number of piperazine rings is 1. The molecule has 1 amide bonds. The summed E-state index contributed by atoms with van der Waals surface area (Å²) in [6.07, 6.45) is 0. The summed E-state index contributed by atoms with van der Waals surface area (Å²) in [6.45, 7) is 5.22. The van der Waals surface area contributed by atoms with Crippen molar-refractivity contribution in [1.82, 2.24) is 4.90 Å². The molecule has 2 N–H and O–H groups in total. The van der Waals surface area contributed by atoms with E-state index in [4.69, 9.17) is 5.73 Å². The highest BCUT2D eigenvalue weighted by atomic mass is 35.5. The van der Waals surface area contributed by atoms with E-state index in [2.05, 4.69) is 36.1 Å². The number of amides is 1. The normalized spacial score (nSPS) is 15.0. The standard InChI is InChI=1S/C19H23N3O.2ClH/c1-15-6-5-9-17(14-15)21-10-12-22(13-11-21)19(23)18(20)16-7-3-2-4-8-16;;/h2-9,14,18H,10-13,20H2,1H3;2*1H. The second kappa shape index (κ2) is 9.66. The molecule has 1 heterocycles. The SMILES string of the molecule is Cc1cccc(N2CCN(C(=O)C(N)c3ccccc3)CC2)c1.Cl.Cl. The van der Waals surface area contributed by atoms with Crippen molar-refractivity contribution in [1.29, 1.82) is 0 Å². The molecule has 136 valence electrons. The molecule has 0 bridgehead atoms. The quantitative estimate of drug-likeness (QED) is 0.887. The highest BCUT2D eigenvalue weighted by Gasteiger charge is 2.26. The fourth-order valence-corrected chi connectivity index (χ4v) is 3.01. The Hall–Kier alpha value is -1.75. The fraction of sp³-hybridized carbons (Fsp3) is 0.316. The van der Waals surface area contributed by atoms with Crippen molar-refractivity contribution in [3.8, 4) is 0 Å². The van der Waals surface area contributed by atoms with E-state index < -0.39 is 6.04 Å². The third-order valence-corrected chi connectivity index (χ3v) is 4.38. The average Bonchev–Trinajstić information content (AvgIpc) is 2.61. The van der Waals surface area contributed by atoms with Crippen molar-refractivity contribution < 1.29 is 4.79 Å². The monoisotopic (exact) mass is 381 g/mol. The summed E-state index contributed by atoms with van der Waals surface area (Å²) in [7, 11) is 0. The summed E-state index contributed by atoms with van der Waals surface area (Å²) in [6, 6.07) is 17.5. The van der Waals surface area contributed by atoms with E-state index >= 15 is 0 Å². The predicted octanol–water partition coefficient (Wildman–Crippen LogP) is 3.19. The predicted molar refractivity (Wildman–Crippen MR) is 108 cm³/mol. The van der Waals surface area contributed by atoms with Crippen LogP contribution < -0.4 is 10.6 Å². The minimum Gasteiger partial charge on any atom is -0.368 e. The van der Waals surface area contributed by atoms with Gasteiger partial charge in [-0.15, -0.1) is 24.8 Å². The topological polar surface area (TPSA) is 49.6 Å². The molecule has 1 saturated heterocycles. The van der Waals surface area contributed by atoms with Gasteiger partial charge in [0, 0.05) is 31.9 Å². The number of nitrogens with zero attached hydrogens (tertiary/aromatic N) is 2. The Kier molecular flexibility index (Phi) is 8.23. The number of hydrogen-bond acceptors (Lipinski definition) is 3. The first-order valence-electron chi connectivity index (χ1n) is 8.06. The number of nitrogens with two attached hydrogens (primary N) is 1. The molecule has 1 unspecified atom stereocenters. The summed E-state index contributed by atoms with van der Waals surface area (Å²) in [4.78, 5) is 16.8. The molecule has 1 aliphatic rings. The number of hydrogen-bond donors (Lipinski definition) is 1. The molecule has 6 heteroatoms. The van der Waals surface area contributed by atoms with Gasteiger partial charge in [0.1, 0.15) is 6.04 Å². The lowest BCUT2D eigenvalue weighted by molar-refractivity contribution is -0.133. The zero-order chi connectivity index (χ0) is 16.2. The Labute approximate surface area is 161 Å². The molecule has 2 aromatic carbocycles. The largest absolute Gasteiger partial charge is 0.368 e. The number of carbonyl (C=O) groups is 1. The molecule has 1 aliphatic heterocycles. The van der Waals surface area contributed by atoms with Crippen LogP contribution in [0.3, 0.4) is 0 Å². The Balaban J connectivity index is 0.00000156. The lowest BCUT2D eigenvalue weighted by Gasteiger charge is -2.37. The molecule has 3 rings (SSSR count). The molecule has 1 atom stereocenters. The second-order valence-electron chi connectivity index (χ2n) is 6.04. The van der Waals surface area contributed by atoms with E-state index in [1.54, 1.807) is 0 Å². The average molecular weight is 382 g/mol. The molecule has 0 saturated carbocycles. The number of carbonyl (C=O) groups excluding carboxylic acids is 1. The Morgan fingerprint density at radius 3 is 2.20 bits per heavy atom. The molecular weight excluding hydrogens is 357 g/mol. The lowest BCUT2D eigenvalue weighted by atomic mass is 10.1. The van der Waals surface area contributed by atoms with Gasteiger partial charge in [0.15, 0.2) is 0 Å². The first-order chi connectivity index (χ1) is 11.1. The van der Waals surface area contributed by atoms with E-state index in [9.17, 15) is 4.79 Å². The first-order valence-corrected chi connectivity index (χ1v) is 8.06. The van der Waals surface area contributed by atoms with Crippen molar-refractivity contribution in [2.24, 2.45) is 5.73 Å². The van der Waals surface area contributed by atoms with Gasteiger partial charge in [-0.3, -0.25) is 4.79 Å². The van der Waals surface area contributed by atoms with Crippen LogP contribution in [0.15, 0.2) is 54.6 Å². The van der Waals surface area contributed by atoms with Crippen LogP contribution in [0.2, 0.25) is 0 Å². The van der Waals surface area contributed by atoms with Gasteiger partial charge in [-0.1, -0.05) is 42.5 Å². The van der Waals surface area contributed by atoms with Crippen LogP contribution in [0, 0.1) is 6.92 Å². The molecular formula is C19H25Cl2N3O. The molecule has 4 nitrogen and oxygen atoms in total. The zero-order valence-corrected chi connectivity index (χ0v) is 15.9. The highest BCUT2D eigenvalue weighted by molar-refractivity contribution is 5.85. The van der Waals surface area contributed by atoms with E-state index in [1.165, 1.54) is 11.3 Å². The number of aryl methyl sites for hydroxylation is 1. The molecule has 0 radical (unpaired) electrons. The maximum Gasteiger partial charge on any atom is 0.244 e. The van der Waals surface area contributed by atoms with Gasteiger partial charge >= 0.3 is 0 Å². The van der Waals surface area contributed by atoms with Crippen molar-refractivity contribution in [3.05, 3.63) is 65.7 Å². The minimum atomic E-state index is -0.568. The number of benzene rings is 2. The van der Waals surface area contributed by atoms with Crippen molar-refractivity contribution in [3.63, 3.8) is 0 Å². The summed E-state index contributed by atoms with van der Waals surface area (Å²) >= 11 is 0. The smallest absolute Gasteiger partial charge is 0.244 e. The number of rotatable bonds is 3. The summed E-state index contributed by atoms with van der Waals surface area (Å²) in [5, 5.41) is 0. The third-order valence-electron chi connectivity index (χ3n) is 4.38. The van der Waals surface area contributed by atoms with Crippen LogP contribution >= 0.6 is 24.8 Å². The molecule has 0 spiro atoms. The van der Waals surface area contributed by atoms with Crippen LogP contribution in [0.4, 0.5) is 5.69 Å². The Bertz CT molecular complexity index is 673. The van der Waals surface area contributed by atoms with Crippen LogP contribution in [-0.4, -0.2) is 37.0 Å². The highest BCUT2D eigenvalue weighted by Crippen LogP contribution is 2.19. The molecule has 2 aromatic rings. The van der Waals surface area contributed by atoms with Gasteiger partial charge < -0.3 is 15.5 Å². The van der Waals surface area contributed by atoms with Crippen molar-refractivity contribution in [2.75, 3.05) is 31.1 Å². The summed E-state index contributed by atoms with van der Waals surface area (Å²) in [5.41, 5.74) is 9.49.